The summed E-state index contributed by atoms with van der Waals surface area (Å²) in [6, 6.07) is 10.1. The van der Waals surface area contributed by atoms with Crippen molar-refractivity contribution in [2.75, 3.05) is 11.4 Å². The number of nitriles is 1. The third kappa shape index (κ3) is 2.86. The summed E-state index contributed by atoms with van der Waals surface area (Å²) >= 11 is 0. The van der Waals surface area contributed by atoms with Crippen LogP contribution in [0.2, 0.25) is 0 Å². The summed E-state index contributed by atoms with van der Waals surface area (Å²) in [7, 11) is 0. The van der Waals surface area contributed by atoms with Crippen molar-refractivity contribution >= 4 is 23.1 Å². The lowest BCUT2D eigenvalue weighted by Crippen LogP contribution is -2.22. The number of benzene rings is 1. The van der Waals surface area contributed by atoms with Gasteiger partial charge in [-0.2, -0.15) is 10.2 Å². The number of rotatable bonds is 4. The highest BCUT2D eigenvalue weighted by molar-refractivity contribution is 5.75. The van der Waals surface area contributed by atoms with E-state index in [0.717, 1.165) is 22.5 Å². The standard InChI is InChI=1S/C17H17N5O/c1-11-12(2)19-16(20-13(11)3)22(10-6-9-18)17-21-14-7-4-5-8-15(14)23-17/h4-5,7-8H,6,10H2,1-3H3. The molecule has 0 saturated heterocycles. The first-order chi connectivity index (χ1) is 11.1. The summed E-state index contributed by atoms with van der Waals surface area (Å²) in [4.78, 5) is 15.3. The Morgan fingerprint density at radius 3 is 2.43 bits per heavy atom. The van der Waals surface area contributed by atoms with Crippen LogP contribution in [-0.2, 0) is 0 Å². The number of hydrogen-bond acceptors (Lipinski definition) is 6. The Hall–Kier alpha value is -2.94. The predicted molar refractivity (Wildman–Crippen MR) is 87.5 cm³/mol. The van der Waals surface area contributed by atoms with Gasteiger partial charge in [-0.1, -0.05) is 12.1 Å². The van der Waals surface area contributed by atoms with Gasteiger partial charge in [0.1, 0.15) is 5.52 Å². The van der Waals surface area contributed by atoms with E-state index in [2.05, 4.69) is 21.0 Å². The molecule has 6 heteroatoms. The second-order valence-electron chi connectivity index (χ2n) is 5.34. The molecule has 0 fully saturated rings. The number of anilines is 2. The fourth-order valence-corrected chi connectivity index (χ4v) is 2.29. The normalized spacial score (nSPS) is 10.7. The molecule has 1 aromatic carbocycles. The quantitative estimate of drug-likeness (QED) is 0.733. The lowest BCUT2D eigenvalue weighted by Gasteiger charge is -2.18. The minimum atomic E-state index is 0.327. The summed E-state index contributed by atoms with van der Waals surface area (Å²) in [6.07, 6.45) is 0.327. The van der Waals surface area contributed by atoms with E-state index in [1.165, 1.54) is 0 Å². The Bertz CT molecular complexity index is 837. The van der Waals surface area contributed by atoms with Crippen molar-refractivity contribution < 1.29 is 4.42 Å². The predicted octanol–water partition coefficient (Wildman–Crippen LogP) is 3.59. The molecular weight excluding hydrogens is 290 g/mol. The van der Waals surface area contributed by atoms with Crippen LogP contribution in [0.4, 0.5) is 12.0 Å². The van der Waals surface area contributed by atoms with Gasteiger partial charge >= 0.3 is 6.01 Å². The third-order valence-electron chi connectivity index (χ3n) is 3.82. The molecule has 0 saturated carbocycles. The van der Waals surface area contributed by atoms with E-state index in [1.54, 1.807) is 4.90 Å². The van der Waals surface area contributed by atoms with Gasteiger partial charge < -0.3 is 4.42 Å². The van der Waals surface area contributed by atoms with Crippen molar-refractivity contribution in [3.05, 3.63) is 41.2 Å². The molecule has 2 aromatic heterocycles. The average molecular weight is 307 g/mol. The van der Waals surface area contributed by atoms with E-state index in [-0.39, 0.29) is 0 Å². The molecule has 0 amide bonds. The fourth-order valence-electron chi connectivity index (χ4n) is 2.29. The molecule has 116 valence electrons. The third-order valence-corrected chi connectivity index (χ3v) is 3.82. The molecule has 0 aliphatic carbocycles. The van der Waals surface area contributed by atoms with E-state index in [4.69, 9.17) is 9.68 Å². The van der Waals surface area contributed by atoms with E-state index in [0.29, 0.717) is 30.5 Å². The largest absolute Gasteiger partial charge is 0.423 e. The van der Waals surface area contributed by atoms with Crippen LogP contribution in [0.5, 0.6) is 0 Å². The van der Waals surface area contributed by atoms with Crippen LogP contribution in [0.15, 0.2) is 28.7 Å². The Kier molecular flexibility index (Phi) is 3.94. The number of aryl methyl sites for hydroxylation is 2. The maximum atomic E-state index is 8.93. The average Bonchev–Trinajstić information content (AvgIpc) is 2.96. The molecule has 0 atom stereocenters. The minimum Gasteiger partial charge on any atom is -0.423 e. The zero-order chi connectivity index (χ0) is 16.4. The molecule has 0 aliphatic heterocycles. The van der Waals surface area contributed by atoms with Gasteiger partial charge in [-0.3, -0.25) is 4.90 Å². The highest BCUT2D eigenvalue weighted by Gasteiger charge is 2.19. The zero-order valence-corrected chi connectivity index (χ0v) is 13.4. The first kappa shape index (κ1) is 15.0. The van der Waals surface area contributed by atoms with Gasteiger partial charge in [0.2, 0.25) is 5.95 Å². The number of nitrogens with zero attached hydrogens (tertiary/aromatic N) is 5. The molecule has 0 radical (unpaired) electrons. The second-order valence-corrected chi connectivity index (χ2v) is 5.34. The van der Waals surface area contributed by atoms with E-state index in [9.17, 15) is 0 Å². The van der Waals surface area contributed by atoms with Crippen LogP contribution in [0.1, 0.15) is 23.4 Å². The molecule has 2 heterocycles. The summed E-state index contributed by atoms with van der Waals surface area (Å²) in [5.41, 5.74) is 4.35. The lowest BCUT2D eigenvalue weighted by atomic mass is 10.2. The molecule has 0 unspecified atom stereocenters. The SMILES string of the molecule is Cc1nc(N(CCC#N)c2nc3ccccc3o2)nc(C)c1C. The topological polar surface area (TPSA) is 78.8 Å². The van der Waals surface area contributed by atoms with Gasteiger partial charge in [0.25, 0.3) is 0 Å². The van der Waals surface area contributed by atoms with Gasteiger partial charge in [-0.25, -0.2) is 9.97 Å². The van der Waals surface area contributed by atoms with Gasteiger partial charge in [-0.15, -0.1) is 0 Å². The first-order valence-electron chi connectivity index (χ1n) is 7.42. The zero-order valence-electron chi connectivity index (χ0n) is 13.4. The summed E-state index contributed by atoms with van der Waals surface area (Å²) in [5, 5.41) is 8.93. The number of fused-ring (bicyclic) bond motifs is 1. The van der Waals surface area contributed by atoms with E-state index in [1.807, 2.05) is 45.0 Å². The molecule has 0 bridgehead atoms. The van der Waals surface area contributed by atoms with Gasteiger partial charge in [-0.05, 0) is 38.5 Å². The molecule has 3 aromatic rings. The van der Waals surface area contributed by atoms with Crippen LogP contribution >= 0.6 is 0 Å². The van der Waals surface area contributed by atoms with E-state index >= 15 is 0 Å². The molecule has 0 spiro atoms. The van der Waals surface area contributed by atoms with Crippen molar-refractivity contribution in [1.82, 2.24) is 15.0 Å². The number of para-hydroxylation sites is 2. The van der Waals surface area contributed by atoms with Crippen LogP contribution in [0.25, 0.3) is 11.1 Å². The molecule has 0 aliphatic rings. The van der Waals surface area contributed by atoms with Crippen LogP contribution in [-0.4, -0.2) is 21.5 Å². The highest BCUT2D eigenvalue weighted by Crippen LogP contribution is 2.27. The summed E-state index contributed by atoms with van der Waals surface area (Å²) in [6.45, 7) is 6.31. The highest BCUT2D eigenvalue weighted by atomic mass is 16.4. The smallest absolute Gasteiger partial charge is 0.305 e. The number of hydrogen-bond donors (Lipinski definition) is 0. The van der Waals surface area contributed by atoms with Crippen molar-refractivity contribution in [3.63, 3.8) is 0 Å². The Morgan fingerprint density at radius 2 is 1.78 bits per heavy atom. The minimum absolute atomic E-state index is 0.327. The monoisotopic (exact) mass is 307 g/mol. The number of aromatic nitrogens is 3. The molecule has 3 rings (SSSR count). The first-order valence-corrected chi connectivity index (χ1v) is 7.42. The maximum Gasteiger partial charge on any atom is 0.305 e. The number of oxazole rings is 1. The van der Waals surface area contributed by atoms with Crippen LogP contribution in [0, 0.1) is 32.1 Å². The summed E-state index contributed by atoms with van der Waals surface area (Å²) in [5.74, 6) is 0.507. The molecule has 23 heavy (non-hydrogen) atoms. The van der Waals surface area contributed by atoms with Gasteiger partial charge in [0, 0.05) is 17.9 Å². The fraction of sp³-hybridized carbons (Fsp3) is 0.294. The van der Waals surface area contributed by atoms with Crippen molar-refractivity contribution in [1.29, 1.82) is 5.26 Å². The summed E-state index contributed by atoms with van der Waals surface area (Å²) < 4.78 is 5.82. The lowest BCUT2D eigenvalue weighted by molar-refractivity contribution is 0.588. The Morgan fingerprint density at radius 1 is 1.09 bits per heavy atom. The Labute approximate surface area is 134 Å². The van der Waals surface area contributed by atoms with Gasteiger partial charge in [0.05, 0.1) is 12.5 Å². The van der Waals surface area contributed by atoms with Crippen molar-refractivity contribution in [2.45, 2.75) is 27.2 Å². The second kappa shape index (κ2) is 6.05. The maximum absolute atomic E-state index is 8.93. The van der Waals surface area contributed by atoms with Gasteiger partial charge in [0.15, 0.2) is 5.58 Å². The van der Waals surface area contributed by atoms with Crippen LogP contribution < -0.4 is 4.90 Å². The van der Waals surface area contributed by atoms with Crippen molar-refractivity contribution in [3.8, 4) is 6.07 Å². The molecule has 0 N–H and O–H groups in total. The Balaban J connectivity index is 2.09. The van der Waals surface area contributed by atoms with Crippen LogP contribution in [0.3, 0.4) is 0 Å². The van der Waals surface area contributed by atoms with E-state index < -0.39 is 0 Å². The van der Waals surface area contributed by atoms with Crippen molar-refractivity contribution in [2.24, 2.45) is 0 Å². The molecular formula is C17H17N5O. The molecule has 6 nitrogen and oxygen atoms in total.